The highest BCUT2D eigenvalue weighted by Gasteiger charge is 2.30. The number of halogens is 3. The molecule has 0 bridgehead atoms. The zero-order valence-corrected chi connectivity index (χ0v) is 21.8. The predicted molar refractivity (Wildman–Crippen MR) is 140 cm³/mol. The Bertz CT molecular complexity index is 1560. The minimum atomic E-state index is -4.45. The number of nitrogens with zero attached hydrogens (tertiary/aromatic N) is 2. The molecule has 0 saturated heterocycles. The van der Waals surface area contributed by atoms with E-state index in [0.29, 0.717) is 39.5 Å². The maximum absolute atomic E-state index is 13.0. The van der Waals surface area contributed by atoms with E-state index in [4.69, 9.17) is 9.47 Å². The summed E-state index contributed by atoms with van der Waals surface area (Å²) in [5.74, 6) is 0.0488. The fraction of sp³-hybridized carbons (Fsp3) is 0.179. The van der Waals surface area contributed by atoms with Crippen LogP contribution in [0.15, 0.2) is 83.3 Å². The average Bonchev–Trinajstić information content (AvgIpc) is 3.37. The smallest absolute Gasteiger partial charge is 0.416 e. The quantitative estimate of drug-likeness (QED) is 0.320. The van der Waals surface area contributed by atoms with Gasteiger partial charge in [0.2, 0.25) is 0 Å². The second-order valence-electron chi connectivity index (χ2n) is 8.38. The highest BCUT2D eigenvalue weighted by molar-refractivity contribution is 7.07. The summed E-state index contributed by atoms with van der Waals surface area (Å²) in [5, 5.41) is 4.46. The number of hydrogen-bond acceptors (Lipinski definition) is 5. The third-order valence-electron chi connectivity index (χ3n) is 5.74. The van der Waals surface area contributed by atoms with E-state index in [9.17, 15) is 22.8 Å². The second kappa shape index (κ2) is 12.0. The molecule has 39 heavy (non-hydrogen) atoms. The Morgan fingerprint density at radius 1 is 0.923 bits per heavy atom. The zero-order chi connectivity index (χ0) is 28.0. The summed E-state index contributed by atoms with van der Waals surface area (Å²) in [7, 11) is 2.99. The molecular formula is C28H24F3N3O4S. The van der Waals surface area contributed by atoms with E-state index in [1.165, 1.54) is 37.7 Å². The van der Waals surface area contributed by atoms with Crippen molar-refractivity contribution >= 4 is 23.2 Å². The van der Waals surface area contributed by atoms with Crippen molar-refractivity contribution in [2.45, 2.75) is 19.3 Å². The van der Waals surface area contributed by atoms with Crippen LogP contribution in [0.2, 0.25) is 0 Å². The maximum Gasteiger partial charge on any atom is 0.416 e. The van der Waals surface area contributed by atoms with Gasteiger partial charge >= 0.3 is 6.18 Å². The molecule has 0 radical (unpaired) electrons. The van der Waals surface area contributed by atoms with E-state index in [1.54, 1.807) is 52.5 Å². The van der Waals surface area contributed by atoms with Gasteiger partial charge in [-0.2, -0.15) is 18.2 Å². The van der Waals surface area contributed by atoms with Crippen LogP contribution in [0, 0.1) is 0 Å². The number of ether oxygens (including phenoxy) is 2. The summed E-state index contributed by atoms with van der Waals surface area (Å²) in [6, 6.07) is 16.5. The Morgan fingerprint density at radius 3 is 2.41 bits per heavy atom. The molecular weight excluding hydrogens is 531 g/mol. The molecule has 11 heteroatoms. The molecule has 202 valence electrons. The topological polar surface area (TPSA) is 81.9 Å². The summed E-state index contributed by atoms with van der Waals surface area (Å²) in [4.78, 5) is 30.2. The number of thiazole rings is 1. The summed E-state index contributed by atoms with van der Waals surface area (Å²) in [5.41, 5.74) is 1.05. The highest BCUT2D eigenvalue weighted by Crippen LogP contribution is 2.30. The van der Waals surface area contributed by atoms with Gasteiger partial charge in [-0.1, -0.05) is 24.3 Å². The van der Waals surface area contributed by atoms with Crippen molar-refractivity contribution in [3.63, 3.8) is 0 Å². The van der Waals surface area contributed by atoms with E-state index in [1.807, 2.05) is 6.07 Å². The molecule has 0 aliphatic carbocycles. The van der Waals surface area contributed by atoms with E-state index in [0.717, 1.165) is 17.7 Å². The van der Waals surface area contributed by atoms with E-state index in [-0.39, 0.29) is 6.54 Å². The van der Waals surface area contributed by atoms with E-state index >= 15 is 0 Å². The van der Waals surface area contributed by atoms with Crippen LogP contribution in [-0.4, -0.2) is 30.6 Å². The van der Waals surface area contributed by atoms with Gasteiger partial charge in [0, 0.05) is 35.8 Å². The number of benzene rings is 3. The highest BCUT2D eigenvalue weighted by atomic mass is 32.1. The van der Waals surface area contributed by atoms with Crippen molar-refractivity contribution in [1.82, 2.24) is 9.88 Å². The van der Waals surface area contributed by atoms with Gasteiger partial charge in [-0.15, -0.1) is 11.3 Å². The number of nitrogens with one attached hydrogen (secondary N) is 1. The first-order valence-corrected chi connectivity index (χ1v) is 12.5. The molecule has 1 aromatic heterocycles. The molecule has 0 unspecified atom stereocenters. The van der Waals surface area contributed by atoms with Crippen LogP contribution in [0.25, 0.3) is 0 Å². The minimum Gasteiger partial charge on any atom is -0.493 e. The number of hydrogen-bond donors (Lipinski definition) is 1. The third kappa shape index (κ3) is 6.94. The predicted octanol–water partition coefficient (Wildman–Crippen LogP) is 5.31. The molecule has 1 N–H and O–H groups in total. The molecule has 0 saturated carbocycles. The lowest BCUT2D eigenvalue weighted by Gasteiger charge is -2.10. The maximum atomic E-state index is 13.0. The molecule has 7 nitrogen and oxygen atoms in total. The van der Waals surface area contributed by atoms with Crippen LogP contribution in [0.3, 0.4) is 0 Å². The van der Waals surface area contributed by atoms with Crippen LogP contribution in [0.1, 0.15) is 37.4 Å². The minimum absolute atomic E-state index is 0.0481. The summed E-state index contributed by atoms with van der Waals surface area (Å²) in [6.45, 7) is 0.295. The molecule has 4 aromatic rings. The SMILES string of the molecule is COc1ccc(C(=O)N=c2sccn2Cc2cccc(C(=O)NCc3cccc(C(F)(F)F)c3)c2)cc1OC. The number of rotatable bonds is 8. The van der Waals surface area contributed by atoms with Gasteiger partial charge in [0.1, 0.15) is 0 Å². The average molecular weight is 556 g/mol. The second-order valence-corrected chi connectivity index (χ2v) is 9.25. The molecule has 0 atom stereocenters. The van der Waals surface area contributed by atoms with E-state index in [2.05, 4.69) is 10.3 Å². The molecule has 0 aliphatic heterocycles. The van der Waals surface area contributed by atoms with Crippen molar-refractivity contribution in [1.29, 1.82) is 0 Å². The van der Waals surface area contributed by atoms with Crippen molar-refractivity contribution in [2.24, 2.45) is 4.99 Å². The van der Waals surface area contributed by atoms with E-state index < -0.39 is 23.6 Å². The molecule has 2 amide bonds. The largest absolute Gasteiger partial charge is 0.493 e. The molecule has 0 spiro atoms. The normalized spacial score (nSPS) is 11.8. The number of methoxy groups -OCH3 is 2. The monoisotopic (exact) mass is 555 g/mol. The number of carbonyl (C=O) groups is 2. The van der Waals surface area contributed by atoms with Gasteiger partial charge < -0.3 is 19.4 Å². The van der Waals surface area contributed by atoms with Crippen LogP contribution in [0.5, 0.6) is 11.5 Å². The number of alkyl halides is 3. The molecule has 0 aliphatic rings. The van der Waals surface area contributed by atoms with Crippen LogP contribution in [0.4, 0.5) is 13.2 Å². The van der Waals surface area contributed by atoms with Gasteiger partial charge in [0.15, 0.2) is 16.3 Å². The first kappa shape index (κ1) is 27.6. The number of amides is 2. The van der Waals surface area contributed by atoms with Gasteiger partial charge in [0.05, 0.1) is 19.8 Å². The van der Waals surface area contributed by atoms with Gasteiger partial charge in [-0.3, -0.25) is 9.59 Å². The van der Waals surface area contributed by atoms with Crippen molar-refractivity contribution in [3.05, 3.63) is 111 Å². The molecule has 0 fully saturated rings. The molecule has 1 heterocycles. The lowest BCUT2D eigenvalue weighted by atomic mass is 10.1. The standard InChI is InChI=1S/C28H24F3N3O4S/c1-37-23-10-9-21(15-24(23)38-2)26(36)33-27-34(11-12-39-27)17-19-6-3-7-20(13-19)25(35)32-16-18-5-4-8-22(14-18)28(29,30)31/h3-15H,16-17H2,1-2H3,(H,32,35). The Hall–Kier alpha value is -4.38. The fourth-order valence-corrected chi connectivity index (χ4v) is 4.50. The number of aromatic nitrogens is 1. The fourth-order valence-electron chi connectivity index (χ4n) is 3.78. The Kier molecular flexibility index (Phi) is 8.50. The summed E-state index contributed by atoms with van der Waals surface area (Å²) < 4.78 is 51.1. The Labute approximate surface area is 226 Å². The zero-order valence-electron chi connectivity index (χ0n) is 21.0. The van der Waals surface area contributed by atoms with Crippen molar-refractivity contribution in [2.75, 3.05) is 14.2 Å². The molecule has 3 aromatic carbocycles. The van der Waals surface area contributed by atoms with Crippen molar-refractivity contribution in [3.8, 4) is 11.5 Å². The van der Waals surface area contributed by atoms with Crippen LogP contribution < -0.4 is 19.6 Å². The Morgan fingerprint density at radius 2 is 1.67 bits per heavy atom. The summed E-state index contributed by atoms with van der Waals surface area (Å²) in [6.07, 6.45) is -2.67. The molecule has 4 rings (SSSR count). The number of carbonyl (C=O) groups excluding carboxylic acids is 2. The van der Waals surface area contributed by atoms with Gasteiger partial charge in [0.25, 0.3) is 11.8 Å². The Balaban J connectivity index is 1.46. The van der Waals surface area contributed by atoms with Gasteiger partial charge in [-0.05, 0) is 53.6 Å². The first-order chi connectivity index (χ1) is 18.7. The summed E-state index contributed by atoms with van der Waals surface area (Å²) >= 11 is 1.29. The van der Waals surface area contributed by atoms with Crippen LogP contribution in [-0.2, 0) is 19.3 Å². The van der Waals surface area contributed by atoms with Gasteiger partial charge in [-0.25, -0.2) is 0 Å². The van der Waals surface area contributed by atoms with Crippen LogP contribution >= 0.6 is 11.3 Å². The lowest BCUT2D eigenvalue weighted by molar-refractivity contribution is -0.137. The lowest BCUT2D eigenvalue weighted by Crippen LogP contribution is -2.23. The van der Waals surface area contributed by atoms with Crippen molar-refractivity contribution < 1.29 is 32.2 Å². The third-order valence-corrected chi connectivity index (χ3v) is 6.53. The first-order valence-electron chi connectivity index (χ1n) is 11.7.